The summed E-state index contributed by atoms with van der Waals surface area (Å²) in [7, 11) is 1.87. The first-order valence-corrected chi connectivity index (χ1v) is 7.96. The summed E-state index contributed by atoms with van der Waals surface area (Å²) >= 11 is 0. The molecule has 1 aromatic rings. The minimum absolute atomic E-state index is 0.151. The van der Waals surface area contributed by atoms with Crippen molar-refractivity contribution >= 4 is 5.91 Å². The van der Waals surface area contributed by atoms with E-state index < -0.39 is 0 Å². The van der Waals surface area contributed by atoms with Crippen LogP contribution in [0.4, 0.5) is 0 Å². The fourth-order valence-electron chi connectivity index (χ4n) is 3.17. The molecule has 0 unspecified atom stereocenters. The van der Waals surface area contributed by atoms with E-state index in [4.69, 9.17) is 0 Å². The van der Waals surface area contributed by atoms with Gasteiger partial charge in [-0.05, 0) is 33.7 Å². The van der Waals surface area contributed by atoms with E-state index in [0.717, 1.165) is 18.5 Å². The highest BCUT2D eigenvalue weighted by molar-refractivity contribution is 5.76. The molecule has 0 radical (unpaired) electrons. The Morgan fingerprint density at radius 1 is 1.43 bits per heavy atom. The molecule has 0 aromatic carbocycles. The largest absolute Gasteiger partial charge is 0.336 e. The molecule has 1 saturated carbocycles. The number of hydrogen-bond donors (Lipinski definition) is 1. The highest BCUT2D eigenvalue weighted by atomic mass is 16.2. The molecule has 1 N–H and O–H groups in total. The summed E-state index contributed by atoms with van der Waals surface area (Å²) in [5.74, 6) is 0.151. The SMILES string of the molecule is CNCc1cn(CC(=O)N(C(C)C)C2CCCCC2)nn1. The molecule has 1 aromatic heterocycles. The van der Waals surface area contributed by atoms with E-state index >= 15 is 0 Å². The van der Waals surface area contributed by atoms with Gasteiger partial charge in [0.1, 0.15) is 6.54 Å². The molecule has 6 nitrogen and oxygen atoms in total. The topological polar surface area (TPSA) is 63.1 Å². The van der Waals surface area contributed by atoms with Crippen LogP contribution in [0.5, 0.6) is 0 Å². The molecule has 118 valence electrons. The summed E-state index contributed by atoms with van der Waals surface area (Å²) in [6.45, 7) is 5.15. The third kappa shape index (κ3) is 4.27. The highest BCUT2D eigenvalue weighted by Gasteiger charge is 2.27. The lowest BCUT2D eigenvalue weighted by atomic mass is 9.93. The van der Waals surface area contributed by atoms with Crippen molar-refractivity contribution in [3.8, 4) is 0 Å². The molecule has 6 heteroatoms. The fourth-order valence-corrected chi connectivity index (χ4v) is 3.17. The Kier molecular flexibility index (Phi) is 5.73. The second-order valence-electron chi connectivity index (χ2n) is 6.12. The lowest BCUT2D eigenvalue weighted by molar-refractivity contribution is -0.137. The van der Waals surface area contributed by atoms with Crippen molar-refractivity contribution in [2.24, 2.45) is 0 Å². The summed E-state index contributed by atoms with van der Waals surface area (Å²) in [5.41, 5.74) is 0.860. The van der Waals surface area contributed by atoms with Gasteiger partial charge in [-0.3, -0.25) is 4.79 Å². The van der Waals surface area contributed by atoms with Gasteiger partial charge < -0.3 is 10.2 Å². The summed E-state index contributed by atoms with van der Waals surface area (Å²) < 4.78 is 1.65. The molecule has 1 amide bonds. The zero-order chi connectivity index (χ0) is 15.2. The second kappa shape index (κ2) is 7.54. The number of aromatic nitrogens is 3. The first-order valence-electron chi connectivity index (χ1n) is 7.96. The van der Waals surface area contributed by atoms with Gasteiger partial charge in [-0.15, -0.1) is 5.10 Å². The molecule has 0 atom stereocenters. The highest BCUT2D eigenvalue weighted by Crippen LogP contribution is 2.24. The Labute approximate surface area is 126 Å². The number of nitrogens with zero attached hydrogens (tertiary/aromatic N) is 4. The molecular formula is C15H27N5O. The van der Waals surface area contributed by atoms with Gasteiger partial charge in [0.25, 0.3) is 0 Å². The Morgan fingerprint density at radius 2 is 2.14 bits per heavy atom. The van der Waals surface area contributed by atoms with Crippen molar-refractivity contribution in [2.45, 2.75) is 71.1 Å². The maximum absolute atomic E-state index is 12.6. The van der Waals surface area contributed by atoms with E-state index in [-0.39, 0.29) is 18.5 Å². The number of carbonyl (C=O) groups is 1. The molecule has 1 fully saturated rings. The van der Waals surface area contributed by atoms with E-state index in [1.807, 2.05) is 13.2 Å². The quantitative estimate of drug-likeness (QED) is 0.864. The molecule has 2 rings (SSSR count). The Hall–Kier alpha value is -1.43. The summed E-state index contributed by atoms with van der Waals surface area (Å²) in [6.07, 6.45) is 7.87. The van der Waals surface area contributed by atoms with Gasteiger partial charge in [0.15, 0.2) is 0 Å². The molecule has 0 aliphatic heterocycles. The van der Waals surface area contributed by atoms with Crippen LogP contribution in [0.3, 0.4) is 0 Å². The van der Waals surface area contributed by atoms with Gasteiger partial charge in [0, 0.05) is 18.6 Å². The van der Waals surface area contributed by atoms with E-state index in [1.54, 1.807) is 4.68 Å². The van der Waals surface area contributed by atoms with Gasteiger partial charge >= 0.3 is 0 Å². The molecular weight excluding hydrogens is 266 g/mol. The van der Waals surface area contributed by atoms with Crippen molar-refractivity contribution in [2.75, 3.05) is 7.05 Å². The fraction of sp³-hybridized carbons (Fsp3) is 0.800. The lowest BCUT2D eigenvalue weighted by Gasteiger charge is -2.37. The van der Waals surface area contributed by atoms with Gasteiger partial charge in [0.2, 0.25) is 5.91 Å². The smallest absolute Gasteiger partial charge is 0.244 e. The summed E-state index contributed by atoms with van der Waals surface area (Å²) in [4.78, 5) is 14.7. The van der Waals surface area contributed by atoms with Crippen molar-refractivity contribution in [3.63, 3.8) is 0 Å². The molecule has 21 heavy (non-hydrogen) atoms. The lowest BCUT2D eigenvalue weighted by Crippen LogP contribution is -2.47. The van der Waals surface area contributed by atoms with Crippen molar-refractivity contribution in [1.29, 1.82) is 0 Å². The van der Waals surface area contributed by atoms with Crippen molar-refractivity contribution < 1.29 is 4.79 Å². The van der Waals surface area contributed by atoms with Crippen LogP contribution in [-0.4, -0.2) is 44.9 Å². The Bertz CT molecular complexity index is 451. The average Bonchev–Trinajstić information content (AvgIpc) is 2.87. The maximum Gasteiger partial charge on any atom is 0.244 e. The predicted molar refractivity (Wildman–Crippen MR) is 81.6 cm³/mol. The number of rotatable bonds is 6. The molecule has 1 aliphatic rings. The van der Waals surface area contributed by atoms with Crippen molar-refractivity contribution in [3.05, 3.63) is 11.9 Å². The third-order valence-electron chi connectivity index (χ3n) is 4.05. The van der Waals surface area contributed by atoms with Crippen LogP contribution in [0, 0.1) is 0 Å². The van der Waals surface area contributed by atoms with Gasteiger partial charge in [0.05, 0.1) is 11.9 Å². The normalized spacial score (nSPS) is 16.4. The molecule has 0 spiro atoms. The van der Waals surface area contributed by atoms with Crippen molar-refractivity contribution in [1.82, 2.24) is 25.2 Å². The number of amides is 1. The van der Waals surface area contributed by atoms with Crippen LogP contribution in [0.25, 0.3) is 0 Å². The standard InChI is InChI=1S/C15H27N5O/c1-12(2)20(14-7-5-4-6-8-14)15(21)11-19-10-13(9-16-3)17-18-19/h10,12,14,16H,4-9,11H2,1-3H3. The van der Waals surface area contributed by atoms with E-state index in [0.29, 0.717) is 12.6 Å². The molecule has 0 saturated heterocycles. The van der Waals surface area contributed by atoms with Crippen LogP contribution < -0.4 is 5.32 Å². The van der Waals surface area contributed by atoms with Gasteiger partial charge in [-0.25, -0.2) is 4.68 Å². The number of nitrogens with one attached hydrogen (secondary N) is 1. The zero-order valence-electron chi connectivity index (χ0n) is 13.4. The predicted octanol–water partition coefficient (Wildman–Crippen LogP) is 1.57. The summed E-state index contributed by atoms with van der Waals surface area (Å²) in [5, 5.41) is 11.1. The van der Waals surface area contributed by atoms with Gasteiger partial charge in [-0.2, -0.15) is 0 Å². The second-order valence-corrected chi connectivity index (χ2v) is 6.12. The van der Waals surface area contributed by atoms with Crippen LogP contribution in [0.15, 0.2) is 6.20 Å². The molecule has 0 bridgehead atoms. The molecule has 1 aliphatic carbocycles. The summed E-state index contributed by atoms with van der Waals surface area (Å²) in [6, 6.07) is 0.632. The van der Waals surface area contributed by atoms with Crippen LogP contribution in [-0.2, 0) is 17.9 Å². The first kappa shape index (κ1) is 15.9. The number of carbonyl (C=O) groups excluding carboxylic acids is 1. The van der Waals surface area contributed by atoms with Crippen LogP contribution in [0.1, 0.15) is 51.6 Å². The Balaban J connectivity index is 2.00. The third-order valence-corrected chi connectivity index (χ3v) is 4.05. The van der Waals surface area contributed by atoms with Crippen LogP contribution in [0.2, 0.25) is 0 Å². The average molecular weight is 293 g/mol. The monoisotopic (exact) mass is 293 g/mol. The van der Waals surface area contributed by atoms with E-state index in [9.17, 15) is 4.79 Å². The van der Waals surface area contributed by atoms with Crippen LogP contribution >= 0.6 is 0 Å². The maximum atomic E-state index is 12.6. The van der Waals surface area contributed by atoms with Gasteiger partial charge in [-0.1, -0.05) is 24.5 Å². The first-order chi connectivity index (χ1) is 10.1. The minimum Gasteiger partial charge on any atom is -0.336 e. The Morgan fingerprint density at radius 3 is 2.76 bits per heavy atom. The zero-order valence-corrected chi connectivity index (χ0v) is 13.4. The minimum atomic E-state index is 0.151. The molecule has 1 heterocycles. The van der Waals surface area contributed by atoms with E-state index in [2.05, 4.69) is 34.4 Å². The van der Waals surface area contributed by atoms with E-state index in [1.165, 1.54) is 19.3 Å². The number of hydrogen-bond acceptors (Lipinski definition) is 4.